The molecule has 6 nitrogen and oxygen atoms in total. The van der Waals surface area contributed by atoms with Gasteiger partial charge in [0.2, 0.25) is 0 Å². The molecule has 0 bridgehead atoms. The lowest BCUT2D eigenvalue weighted by Gasteiger charge is -2.13. The summed E-state index contributed by atoms with van der Waals surface area (Å²) in [6.07, 6.45) is 4.43. The monoisotopic (exact) mass is 270 g/mol. The molecule has 2 heterocycles. The van der Waals surface area contributed by atoms with Gasteiger partial charge in [-0.3, -0.25) is 11.3 Å². The van der Waals surface area contributed by atoms with E-state index in [0.29, 0.717) is 6.42 Å². The van der Waals surface area contributed by atoms with Crippen LogP contribution in [0.2, 0.25) is 0 Å². The average molecular weight is 270 g/mol. The molecule has 3 N–H and O–H groups in total. The van der Waals surface area contributed by atoms with Crippen LogP contribution in [0.3, 0.4) is 0 Å². The van der Waals surface area contributed by atoms with Crippen LogP contribution < -0.4 is 11.3 Å². The first-order valence-electron chi connectivity index (χ1n) is 6.53. The Hall–Kier alpha value is -2.18. The summed E-state index contributed by atoms with van der Waals surface area (Å²) in [5.74, 6) is 6.66. The minimum atomic E-state index is -0.0493. The number of para-hydroxylation sites is 2. The normalized spacial score (nSPS) is 12.9. The molecule has 0 spiro atoms. The molecule has 0 amide bonds. The van der Waals surface area contributed by atoms with Gasteiger partial charge in [-0.15, -0.1) is 0 Å². The van der Waals surface area contributed by atoms with E-state index in [1.807, 2.05) is 43.1 Å². The number of benzene rings is 1. The van der Waals surface area contributed by atoms with E-state index in [4.69, 9.17) is 5.84 Å². The van der Waals surface area contributed by atoms with Crippen molar-refractivity contribution in [1.82, 2.24) is 24.5 Å². The zero-order chi connectivity index (χ0) is 14.1. The molecule has 3 rings (SSSR count). The SMILES string of the molecule is Cn1cnc(C(Cc2nc3ccccc3n2C)NN)c1. The van der Waals surface area contributed by atoms with Crippen LogP contribution in [0.4, 0.5) is 0 Å². The fourth-order valence-electron chi connectivity index (χ4n) is 2.42. The minimum absolute atomic E-state index is 0.0493. The van der Waals surface area contributed by atoms with Crippen molar-refractivity contribution < 1.29 is 0 Å². The van der Waals surface area contributed by atoms with Gasteiger partial charge in [0.1, 0.15) is 5.82 Å². The molecule has 3 aromatic rings. The zero-order valence-electron chi connectivity index (χ0n) is 11.6. The Morgan fingerprint density at radius 3 is 2.75 bits per heavy atom. The van der Waals surface area contributed by atoms with Crippen molar-refractivity contribution >= 4 is 11.0 Å². The minimum Gasteiger partial charge on any atom is -0.340 e. The average Bonchev–Trinajstić information content (AvgIpc) is 3.01. The third-order valence-electron chi connectivity index (χ3n) is 3.55. The Morgan fingerprint density at radius 2 is 2.10 bits per heavy atom. The maximum absolute atomic E-state index is 5.67. The molecule has 0 aliphatic heterocycles. The largest absolute Gasteiger partial charge is 0.340 e. The second kappa shape index (κ2) is 5.07. The van der Waals surface area contributed by atoms with Crippen molar-refractivity contribution in [2.45, 2.75) is 12.5 Å². The van der Waals surface area contributed by atoms with Gasteiger partial charge in [-0.2, -0.15) is 0 Å². The van der Waals surface area contributed by atoms with Crippen LogP contribution in [0.25, 0.3) is 11.0 Å². The first kappa shape index (κ1) is 12.8. The van der Waals surface area contributed by atoms with Crippen LogP contribution in [0.15, 0.2) is 36.8 Å². The maximum Gasteiger partial charge on any atom is 0.111 e. The van der Waals surface area contributed by atoms with Gasteiger partial charge in [0.15, 0.2) is 0 Å². The Balaban J connectivity index is 1.93. The van der Waals surface area contributed by atoms with Crippen molar-refractivity contribution in [2.75, 3.05) is 0 Å². The molecular formula is C14H18N6. The number of hydrogen-bond donors (Lipinski definition) is 2. The van der Waals surface area contributed by atoms with Gasteiger partial charge in [-0.1, -0.05) is 12.1 Å². The van der Waals surface area contributed by atoms with Gasteiger partial charge >= 0.3 is 0 Å². The van der Waals surface area contributed by atoms with E-state index in [0.717, 1.165) is 22.6 Å². The summed E-state index contributed by atoms with van der Waals surface area (Å²) in [4.78, 5) is 9.02. The summed E-state index contributed by atoms with van der Waals surface area (Å²) in [6, 6.07) is 8.05. The van der Waals surface area contributed by atoms with Gasteiger partial charge in [0.05, 0.1) is 29.1 Å². The standard InChI is InChI=1S/C14H18N6/c1-19-8-12(16-9-19)11(18-15)7-14-17-10-5-3-4-6-13(10)20(14)2/h3-6,8-9,11,18H,7,15H2,1-2H3. The highest BCUT2D eigenvalue weighted by molar-refractivity contribution is 5.75. The number of hydrazine groups is 1. The molecule has 0 aliphatic rings. The first-order valence-corrected chi connectivity index (χ1v) is 6.53. The van der Waals surface area contributed by atoms with Crippen LogP contribution in [0, 0.1) is 0 Å². The van der Waals surface area contributed by atoms with Crippen LogP contribution in [0.5, 0.6) is 0 Å². The number of rotatable bonds is 4. The van der Waals surface area contributed by atoms with Gasteiger partial charge in [0, 0.05) is 26.7 Å². The Labute approximate surface area is 117 Å². The Morgan fingerprint density at radius 1 is 1.30 bits per heavy atom. The molecule has 0 radical (unpaired) electrons. The van der Waals surface area contributed by atoms with Crippen molar-refractivity contribution in [3.63, 3.8) is 0 Å². The highest BCUT2D eigenvalue weighted by Gasteiger charge is 2.17. The molecule has 1 unspecified atom stereocenters. The summed E-state index contributed by atoms with van der Waals surface area (Å²) >= 11 is 0. The highest BCUT2D eigenvalue weighted by atomic mass is 15.2. The second-order valence-electron chi connectivity index (χ2n) is 4.96. The molecule has 104 valence electrons. The molecule has 1 aromatic carbocycles. The predicted molar refractivity (Wildman–Crippen MR) is 77.7 cm³/mol. The summed E-state index contributed by atoms with van der Waals surface area (Å²) in [5.41, 5.74) is 5.87. The first-order chi connectivity index (χ1) is 9.69. The van der Waals surface area contributed by atoms with Gasteiger partial charge in [-0.05, 0) is 12.1 Å². The molecule has 0 aliphatic carbocycles. The number of aromatic nitrogens is 4. The lowest BCUT2D eigenvalue weighted by molar-refractivity contribution is 0.521. The third kappa shape index (κ3) is 2.19. The van der Waals surface area contributed by atoms with Crippen LogP contribution in [-0.2, 0) is 20.5 Å². The van der Waals surface area contributed by atoms with E-state index in [9.17, 15) is 0 Å². The van der Waals surface area contributed by atoms with Crippen molar-refractivity contribution in [2.24, 2.45) is 19.9 Å². The van der Waals surface area contributed by atoms with Gasteiger partial charge < -0.3 is 9.13 Å². The molecule has 0 saturated carbocycles. The van der Waals surface area contributed by atoms with Crippen LogP contribution >= 0.6 is 0 Å². The molecule has 1 atom stereocenters. The second-order valence-corrected chi connectivity index (χ2v) is 4.96. The fraction of sp³-hybridized carbons (Fsp3) is 0.286. The number of nitrogens with two attached hydrogens (primary N) is 1. The van der Waals surface area contributed by atoms with Crippen molar-refractivity contribution in [1.29, 1.82) is 0 Å². The molecular weight excluding hydrogens is 252 g/mol. The third-order valence-corrected chi connectivity index (χ3v) is 3.55. The highest BCUT2D eigenvalue weighted by Crippen LogP contribution is 2.19. The van der Waals surface area contributed by atoms with E-state index >= 15 is 0 Å². The lowest BCUT2D eigenvalue weighted by atomic mass is 10.1. The topological polar surface area (TPSA) is 73.7 Å². The number of imidazole rings is 2. The number of nitrogens with one attached hydrogen (secondary N) is 1. The molecule has 6 heteroatoms. The molecule has 2 aromatic heterocycles. The van der Waals surface area contributed by atoms with E-state index in [1.54, 1.807) is 6.33 Å². The summed E-state index contributed by atoms with van der Waals surface area (Å²) < 4.78 is 4.01. The predicted octanol–water partition coefficient (Wildman–Crippen LogP) is 1.05. The summed E-state index contributed by atoms with van der Waals surface area (Å²) in [5, 5.41) is 0. The van der Waals surface area contributed by atoms with Gasteiger partial charge in [-0.25, -0.2) is 9.97 Å². The smallest absolute Gasteiger partial charge is 0.111 e. The van der Waals surface area contributed by atoms with E-state index < -0.39 is 0 Å². The number of fused-ring (bicyclic) bond motifs is 1. The molecule has 0 saturated heterocycles. The van der Waals surface area contributed by atoms with Crippen molar-refractivity contribution in [3.05, 3.63) is 48.3 Å². The van der Waals surface area contributed by atoms with E-state index in [1.165, 1.54) is 0 Å². The van der Waals surface area contributed by atoms with Gasteiger partial charge in [0.25, 0.3) is 0 Å². The van der Waals surface area contributed by atoms with Crippen LogP contribution in [-0.4, -0.2) is 19.1 Å². The Bertz CT molecular complexity index is 726. The van der Waals surface area contributed by atoms with Crippen LogP contribution in [0.1, 0.15) is 17.6 Å². The lowest BCUT2D eigenvalue weighted by Crippen LogP contribution is -2.30. The molecule has 20 heavy (non-hydrogen) atoms. The fourth-order valence-corrected chi connectivity index (χ4v) is 2.42. The zero-order valence-corrected chi connectivity index (χ0v) is 11.6. The number of aryl methyl sites for hydroxylation is 2. The quantitative estimate of drug-likeness (QED) is 0.549. The number of hydrogen-bond acceptors (Lipinski definition) is 4. The van der Waals surface area contributed by atoms with E-state index in [2.05, 4.69) is 26.0 Å². The Kier molecular flexibility index (Phi) is 3.25. The van der Waals surface area contributed by atoms with Crippen molar-refractivity contribution in [3.8, 4) is 0 Å². The number of nitrogens with zero attached hydrogens (tertiary/aromatic N) is 4. The van der Waals surface area contributed by atoms with E-state index in [-0.39, 0.29) is 6.04 Å². The maximum atomic E-state index is 5.67. The summed E-state index contributed by atoms with van der Waals surface area (Å²) in [7, 11) is 3.97. The molecule has 0 fully saturated rings. The summed E-state index contributed by atoms with van der Waals surface area (Å²) in [6.45, 7) is 0.